The molecule has 4 bridgehead atoms. The van der Waals surface area contributed by atoms with Gasteiger partial charge in [0.2, 0.25) is 5.91 Å². The number of carbonyl (C=O) groups excluding carboxylic acids is 1. The van der Waals surface area contributed by atoms with Gasteiger partial charge < -0.3 is 5.32 Å². The Labute approximate surface area is 193 Å². The summed E-state index contributed by atoms with van der Waals surface area (Å²) < 4.78 is 0. The van der Waals surface area contributed by atoms with E-state index in [-0.39, 0.29) is 5.91 Å². The molecule has 30 heavy (non-hydrogen) atoms. The summed E-state index contributed by atoms with van der Waals surface area (Å²) in [6, 6.07) is 14.3. The zero-order chi connectivity index (χ0) is 20.7. The van der Waals surface area contributed by atoms with Crippen molar-refractivity contribution in [2.45, 2.75) is 49.7 Å². The van der Waals surface area contributed by atoms with Crippen LogP contribution in [0.15, 0.2) is 42.5 Å². The lowest BCUT2D eigenvalue weighted by Gasteiger charge is -2.57. The van der Waals surface area contributed by atoms with Crippen LogP contribution in [0.2, 0.25) is 10.0 Å². The van der Waals surface area contributed by atoms with E-state index in [1.165, 1.54) is 44.1 Å². The topological polar surface area (TPSA) is 29.1 Å². The number of nitrogens with one attached hydrogen (secondary N) is 1. The van der Waals surface area contributed by atoms with Gasteiger partial charge in [0.05, 0.1) is 15.8 Å². The Bertz CT molecular complexity index is 907. The zero-order valence-electron chi connectivity index (χ0n) is 17.0. The number of hydrogen-bond donors (Lipinski definition) is 1. The molecule has 2 aromatic carbocycles. The van der Waals surface area contributed by atoms with Crippen molar-refractivity contribution in [2.75, 3.05) is 11.1 Å². The van der Waals surface area contributed by atoms with Gasteiger partial charge in [-0.3, -0.25) is 4.79 Å². The maximum absolute atomic E-state index is 12.4. The predicted octanol–water partition coefficient (Wildman–Crippen LogP) is 7.33. The minimum absolute atomic E-state index is 0.0302. The van der Waals surface area contributed by atoms with Crippen LogP contribution < -0.4 is 5.32 Å². The molecule has 5 heteroatoms. The summed E-state index contributed by atoms with van der Waals surface area (Å²) in [6.07, 6.45) is 8.51. The standard InChI is InChI=1S/C25H27Cl2NOS/c26-22-6-1-16(10-23(22)27)14-30-15-24(29)28-21-4-2-20(3-5-21)25-11-17-7-18(12-25)9-19(8-17)13-25/h1-6,10,17-19H,7-9,11-15H2,(H,28,29). The first-order valence-corrected chi connectivity index (χ1v) is 12.8. The minimum atomic E-state index is 0.0302. The summed E-state index contributed by atoms with van der Waals surface area (Å²) in [4.78, 5) is 12.4. The summed E-state index contributed by atoms with van der Waals surface area (Å²) in [6.45, 7) is 0. The molecule has 1 N–H and O–H groups in total. The summed E-state index contributed by atoms with van der Waals surface area (Å²) in [5.74, 6) is 4.02. The molecular weight excluding hydrogens is 433 g/mol. The predicted molar refractivity (Wildman–Crippen MR) is 128 cm³/mol. The molecule has 4 aliphatic carbocycles. The van der Waals surface area contributed by atoms with Crippen LogP contribution in [0.5, 0.6) is 0 Å². The smallest absolute Gasteiger partial charge is 0.234 e. The van der Waals surface area contributed by atoms with Gasteiger partial charge in [-0.05, 0) is 97.1 Å². The van der Waals surface area contributed by atoms with Crippen molar-refractivity contribution in [1.82, 2.24) is 0 Å². The van der Waals surface area contributed by atoms with Gasteiger partial charge in [-0.1, -0.05) is 41.4 Å². The Morgan fingerprint density at radius 3 is 2.17 bits per heavy atom. The Hall–Kier alpha value is -1.16. The maximum atomic E-state index is 12.4. The lowest BCUT2D eigenvalue weighted by Crippen LogP contribution is -2.48. The number of benzene rings is 2. The van der Waals surface area contributed by atoms with Crippen LogP contribution in [0, 0.1) is 17.8 Å². The number of anilines is 1. The van der Waals surface area contributed by atoms with Crippen molar-refractivity contribution in [3.05, 3.63) is 63.6 Å². The van der Waals surface area contributed by atoms with Gasteiger partial charge in [0.25, 0.3) is 0 Å². The van der Waals surface area contributed by atoms with E-state index in [1.807, 2.05) is 12.1 Å². The zero-order valence-corrected chi connectivity index (χ0v) is 19.3. The third-order valence-electron chi connectivity index (χ3n) is 7.31. The number of carbonyl (C=O) groups is 1. The summed E-state index contributed by atoms with van der Waals surface area (Å²) >= 11 is 13.6. The molecule has 4 saturated carbocycles. The molecule has 1 amide bonds. The van der Waals surface area contributed by atoms with Crippen LogP contribution in [0.25, 0.3) is 0 Å². The molecule has 0 aliphatic heterocycles. The van der Waals surface area contributed by atoms with Crippen LogP contribution in [-0.2, 0) is 16.0 Å². The van der Waals surface area contributed by atoms with E-state index in [4.69, 9.17) is 23.2 Å². The third-order valence-corrected chi connectivity index (χ3v) is 9.05. The van der Waals surface area contributed by atoms with Gasteiger partial charge in [-0.2, -0.15) is 0 Å². The second kappa shape index (κ2) is 8.41. The van der Waals surface area contributed by atoms with Gasteiger partial charge in [0.1, 0.15) is 0 Å². The highest BCUT2D eigenvalue weighted by molar-refractivity contribution is 7.99. The first-order chi connectivity index (χ1) is 14.5. The molecule has 4 fully saturated rings. The normalized spacial score (nSPS) is 29.2. The molecule has 0 aromatic heterocycles. The van der Waals surface area contributed by atoms with Crippen LogP contribution in [0.4, 0.5) is 5.69 Å². The highest BCUT2D eigenvalue weighted by Gasteiger charge is 2.51. The van der Waals surface area contributed by atoms with Crippen LogP contribution >= 0.6 is 35.0 Å². The Morgan fingerprint density at radius 2 is 1.57 bits per heavy atom. The molecule has 0 radical (unpaired) electrons. The lowest BCUT2D eigenvalue weighted by molar-refractivity contribution is -0.113. The molecule has 0 unspecified atom stereocenters. The Kier molecular flexibility index (Phi) is 5.81. The van der Waals surface area contributed by atoms with Crippen LogP contribution in [0.3, 0.4) is 0 Å². The second-order valence-corrected chi connectivity index (χ2v) is 11.4. The van der Waals surface area contributed by atoms with Crippen LogP contribution in [0.1, 0.15) is 49.7 Å². The van der Waals surface area contributed by atoms with E-state index in [0.717, 1.165) is 34.8 Å². The SMILES string of the molecule is O=C(CSCc1ccc(Cl)c(Cl)c1)Nc1ccc(C23CC4CC(CC(C4)C2)C3)cc1. The fourth-order valence-corrected chi connectivity index (χ4v) is 7.55. The number of hydrogen-bond acceptors (Lipinski definition) is 2. The Morgan fingerprint density at radius 1 is 0.933 bits per heavy atom. The molecule has 4 aliphatic rings. The van der Waals surface area contributed by atoms with Crippen molar-refractivity contribution in [2.24, 2.45) is 17.8 Å². The monoisotopic (exact) mass is 459 g/mol. The van der Waals surface area contributed by atoms with Crippen molar-refractivity contribution >= 4 is 46.6 Å². The first kappa shape index (κ1) is 20.7. The van der Waals surface area contributed by atoms with Gasteiger partial charge in [-0.25, -0.2) is 0 Å². The molecule has 0 heterocycles. The van der Waals surface area contributed by atoms with E-state index in [9.17, 15) is 4.79 Å². The lowest BCUT2D eigenvalue weighted by atomic mass is 9.48. The Balaban J connectivity index is 1.15. The number of rotatable bonds is 6. The summed E-state index contributed by atoms with van der Waals surface area (Å²) in [5, 5.41) is 4.15. The molecule has 2 aromatic rings. The molecule has 2 nitrogen and oxygen atoms in total. The minimum Gasteiger partial charge on any atom is -0.325 e. The van der Waals surface area contributed by atoms with E-state index < -0.39 is 0 Å². The molecule has 0 saturated heterocycles. The largest absolute Gasteiger partial charge is 0.325 e. The number of halogens is 2. The summed E-state index contributed by atoms with van der Waals surface area (Å²) in [5.41, 5.74) is 3.87. The van der Waals surface area contributed by atoms with Crippen molar-refractivity contribution < 1.29 is 4.79 Å². The van der Waals surface area contributed by atoms with E-state index in [0.29, 0.717) is 21.2 Å². The van der Waals surface area contributed by atoms with Gasteiger partial charge >= 0.3 is 0 Å². The van der Waals surface area contributed by atoms with E-state index >= 15 is 0 Å². The third kappa shape index (κ3) is 4.26. The van der Waals surface area contributed by atoms with Gasteiger partial charge in [0, 0.05) is 11.4 Å². The molecule has 158 valence electrons. The molecule has 0 spiro atoms. The van der Waals surface area contributed by atoms with Crippen molar-refractivity contribution in [1.29, 1.82) is 0 Å². The van der Waals surface area contributed by atoms with E-state index in [2.05, 4.69) is 29.6 Å². The maximum Gasteiger partial charge on any atom is 0.234 e. The van der Waals surface area contributed by atoms with Gasteiger partial charge in [-0.15, -0.1) is 11.8 Å². The second-order valence-electron chi connectivity index (χ2n) is 9.56. The van der Waals surface area contributed by atoms with Crippen molar-refractivity contribution in [3.8, 4) is 0 Å². The fourth-order valence-electron chi connectivity index (χ4n) is 6.46. The summed E-state index contributed by atoms with van der Waals surface area (Å²) in [7, 11) is 0. The quantitative estimate of drug-likeness (QED) is 0.489. The van der Waals surface area contributed by atoms with Crippen LogP contribution in [-0.4, -0.2) is 11.7 Å². The van der Waals surface area contributed by atoms with E-state index in [1.54, 1.807) is 17.8 Å². The van der Waals surface area contributed by atoms with Gasteiger partial charge in [0.15, 0.2) is 0 Å². The number of amides is 1. The average molecular weight is 460 g/mol. The first-order valence-electron chi connectivity index (χ1n) is 10.9. The highest BCUT2D eigenvalue weighted by atomic mass is 35.5. The fraction of sp³-hybridized carbons (Fsp3) is 0.480. The van der Waals surface area contributed by atoms with Crippen molar-refractivity contribution in [3.63, 3.8) is 0 Å². The molecule has 0 atom stereocenters. The highest BCUT2D eigenvalue weighted by Crippen LogP contribution is 2.60. The molecular formula is C25H27Cl2NOS. The molecule has 6 rings (SSSR count). The number of thioether (sulfide) groups is 1. The average Bonchev–Trinajstić information content (AvgIpc) is 2.70.